The van der Waals surface area contributed by atoms with Crippen LogP contribution in [0.2, 0.25) is 0 Å². The van der Waals surface area contributed by atoms with E-state index in [2.05, 4.69) is 197 Å². The minimum absolute atomic E-state index is 0.889. The van der Waals surface area contributed by atoms with E-state index in [1.165, 1.54) is 71.1 Å². The molecule has 0 saturated carbocycles. The summed E-state index contributed by atoms with van der Waals surface area (Å²) in [7, 11) is 0. The van der Waals surface area contributed by atoms with E-state index in [4.69, 9.17) is 4.42 Å². The molecule has 55 heavy (non-hydrogen) atoms. The van der Waals surface area contributed by atoms with Crippen molar-refractivity contribution in [1.82, 2.24) is 9.13 Å². The van der Waals surface area contributed by atoms with Crippen molar-refractivity contribution < 1.29 is 4.42 Å². The van der Waals surface area contributed by atoms with E-state index < -0.39 is 0 Å². The maximum atomic E-state index is 6.39. The zero-order valence-corrected chi connectivity index (χ0v) is 29.8. The molecule has 3 heterocycles. The molecule has 0 fully saturated rings. The van der Waals surface area contributed by atoms with Gasteiger partial charge in [0.25, 0.3) is 0 Å². The lowest BCUT2D eigenvalue weighted by molar-refractivity contribution is 0.669. The Hall–Kier alpha value is -7.36. The highest BCUT2D eigenvalue weighted by molar-refractivity contribution is 6.19. The number of aromatic nitrogens is 2. The summed E-state index contributed by atoms with van der Waals surface area (Å²) in [4.78, 5) is 0. The van der Waals surface area contributed by atoms with Crippen LogP contribution in [0.5, 0.6) is 0 Å². The smallest absolute Gasteiger partial charge is 0.137 e. The summed E-state index contributed by atoms with van der Waals surface area (Å²) >= 11 is 0. The average molecular weight is 701 g/mol. The highest BCUT2D eigenvalue weighted by Gasteiger charge is 2.21. The van der Waals surface area contributed by atoms with Gasteiger partial charge in [0.1, 0.15) is 11.2 Å². The standard InChI is InChI=1S/C52H32N2O/c1-3-13-33(14-4-1)39-20-11-21-46-51(39)43-31-37(26-28-45(43)54(46)47-22-12-24-50-52(47)40-19-9-10-23-49(40)55-50)36-25-27-44-41(30-36)42-29-34-15-7-8-16-35(34)32-48(42)53(44)38-17-5-2-6-18-38/h1-32H. The lowest BCUT2D eigenvalue weighted by Crippen LogP contribution is -1.95. The second-order valence-corrected chi connectivity index (χ2v) is 14.5. The molecule has 0 amide bonds. The summed E-state index contributed by atoms with van der Waals surface area (Å²) in [6, 6.07) is 70.3. The minimum atomic E-state index is 0.889. The van der Waals surface area contributed by atoms with Crippen molar-refractivity contribution in [2.75, 3.05) is 0 Å². The number of hydrogen-bond donors (Lipinski definition) is 0. The van der Waals surface area contributed by atoms with Gasteiger partial charge in [0.15, 0.2) is 0 Å². The first-order chi connectivity index (χ1) is 27.3. The molecule has 0 aliphatic rings. The van der Waals surface area contributed by atoms with Crippen molar-refractivity contribution in [2.24, 2.45) is 0 Å². The third-order valence-corrected chi connectivity index (χ3v) is 11.5. The third-order valence-electron chi connectivity index (χ3n) is 11.5. The zero-order valence-electron chi connectivity index (χ0n) is 29.8. The summed E-state index contributed by atoms with van der Waals surface area (Å²) in [5, 5.41) is 9.68. The Morgan fingerprint density at radius 1 is 0.327 bits per heavy atom. The average Bonchev–Trinajstić information content (AvgIpc) is 3.90. The van der Waals surface area contributed by atoms with Gasteiger partial charge in [0.2, 0.25) is 0 Å². The summed E-state index contributed by atoms with van der Waals surface area (Å²) in [6.07, 6.45) is 0. The molecule has 0 saturated heterocycles. The molecule has 3 aromatic heterocycles. The van der Waals surface area contributed by atoms with Crippen molar-refractivity contribution in [3.8, 4) is 33.6 Å². The monoisotopic (exact) mass is 700 g/mol. The fourth-order valence-corrected chi connectivity index (χ4v) is 9.05. The van der Waals surface area contributed by atoms with E-state index in [-0.39, 0.29) is 0 Å². The van der Waals surface area contributed by atoms with Crippen LogP contribution in [0, 0.1) is 0 Å². The van der Waals surface area contributed by atoms with Gasteiger partial charge in [-0.1, -0.05) is 121 Å². The van der Waals surface area contributed by atoms with Gasteiger partial charge in [-0.15, -0.1) is 0 Å². The van der Waals surface area contributed by atoms with Gasteiger partial charge in [0, 0.05) is 32.6 Å². The van der Waals surface area contributed by atoms with E-state index in [1.807, 2.05) is 6.07 Å². The molecule has 0 unspecified atom stereocenters. The van der Waals surface area contributed by atoms with Gasteiger partial charge in [-0.25, -0.2) is 0 Å². The second-order valence-electron chi connectivity index (χ2n) is 14.5. The molecule has 0 aliphatic heterocycles. The van der Waals surface area contributed by atoms with Crippen LogP contribution in [0.1, 0.15) is 0 Å². The molecule has 3 heteroatoms. The van der Waals surface area contributed by atoms with E-state index in [1.54, 1.807) is 0 Å². The second kappa shape index (κ2) is 11.6. The molecule has 12 rings (SSSR count). The maximum absolute atomic E-state index is 6.39. The molecule has 0 radical (unpaired) electrons. The van der Waals surface area contributed by atoms with Crippen LogP contribution < -0.4 is 0 Å². The molecular formula is C52H32N2O. The van der Waals surface area contributed by atoms with Crippen LogP contribution >= 0.6 is 0 Å². The minimum Gasteiger partial charge on any atom is -0.456 e. The Kier molecular flexibility index (Phi) is 6.34. The summed E-state index contributed by atoms with van der Waals surface area (Å²) in [5.41, 5.74) is 13.6. The van der Waals surface area contributed by atoms with Gasteiger partial charge in [-0.2, -0.15) is 0 Å². The van der Waals surface area contributed by atoms with Crippen LogP contribution in [0.25, 0.3) is 110 Å². The van der Waals surface area contributed by atoms with Gasteiger partial charge >= 0.3 is 0 Å². The van der Waals surface area contributed by atoms with Crippen molar-refractivity contribution in [2.45, 2.75) is 0 Å². The largest absolute Gasteiger partial charge is 0.456 e. The van der Waals surface area contributed by atoms with E-state index >= 15 is 0 Å². The molecular weight excluding hydrogens is 669 g/mol. The quantitative estimate of drug-likeness (QED) is 0.179. The molecule has 9 aromatic carbocycles. The summed E-state index contributed by atoms with van der Waals surface area (Å²) < 4.78 is 11.2. The molecule has 0 atom stereocenters. The Balaban J connectivity index is 1.14. The van der Waals surface area contributed by atoms with Crippen LogP contribution in [-0.4, -0.2) is 9.13 Å². The number of nitrogens with zero attached hydrogens (tertiary/aromatic N) is 2. The fourth-order valence-electron chi connectivity index (χ4n) is 9.05. The first kappa shape index (κ1) is 30.1. The zero-order chi connectivity index (χ0) is 36.0. The number of para-hydroxylation sites is 2. The third kappa shape index (κ3) is 4.44. The lowest BCUT2D eigenvalue weighted by Gasteiger charge is -2.11. The summed E-state index contributed by atoms with van der Waals surface area (Å²) in [5.74, 6) is 0. The van der Waals surface area contributed by atoms with Crippen molar-refractivity contribution in [1.29, 1.82) is 0 Å². The molecule has 0 bridgehead atoms. The van der Waals surface area contributed by atoms with E-state index in [0.717, 1.165) is 38.8 Å². The number of fused-ring (bicyclic) bond motifs is 10. The maximum Gasteiger partial charge on any atom is 0.137 e. The Morgan fingerprint density at radius 3 is 1.78 bits per heavy atom. The van der Waals surface area contributed by atoms with Crippen LogP contribution in [-0.2, 0) is 0 Å². The Morgan fingerprint density at radius 2 is 0.964 bits per heavy atom. The highest BCUT2D eigenvalue weighted by atomic mass is 16.3. The molecule has 0 aliphatic carbocycles. The normalized spacial score (nSPS) is 12.0. The summed E-state index contributed by atoms with van der Waals surface area (Å²) in [6.45, 7) is 0. The van der Waals surface area contributed by atoms with E-state index in [0.29, 0.717) is 0 Å². The Labute approximate surface area is 316 Å². The first-order valence-electron chi connectivity index (χ1n) is 18.8. The van der Waals surface area contributed by atoms with Crippen LogP contribution in [0.15, 0.2) is 199 Å². The van der Waals surface area contributed by atoms with Gasteiger partial charge in [-0.05, 0) is 106 Å². The SMILES string of the molecule is c1ccc(-c2cccc3c2c2cc(-c4ccc5c(c4)c4cc6ccccc6cc4n5-c4ccccc4)ccc2n3-c2cccc3oc4ccccc4c23)cc1. The van der Waals surface area contributed by atoms with Crippen LogP contribution in [0.4, 0.5) is 0 Å². The van der Waals surface area contributed by atoms with Crippen LogP contribution in [0.3, 0.4) is 0 Å². The number of hydrogen-bond acceptors (Lipinski definition) is 1. The molecule has 256 valence electrons. The predicted molar refractivity (Wildman–Crippen MR) is 231 cm³/mol. The van der Waals surface area contributed by atoms with Gasteiger partial charge in [0.05, 0.1) is 33.1 Å². The van der Waals surface area contributed by atoms with Crippen molar-refractivity contribution in [3.63, 3.8) is 0 Å². The molecule has 0 spiro atoms. The highest BCUT2D eigenvalue weighted by Crippen LogP contribution is 2.44. The molecule has 3 nitrogen and oxygen atoms in total. The topological polar surface area (TPSA) is 23.0 Å². The van der Waals surface area contributed by atoms with E-state index in [9.17, 15) is 0 Å². The Bertz CT molecular complexity index is 3470. The number of furan rings is 1. The number of rotatable bonds is 4. The van der Waals surface area contributed by atoms with Crippen molar-refractivity contribution in [3.05, 3.63) is 194 Å². The number of benzene rings is 9. The van der Waals surface area contributed by atoms with Crippen molar-refractivity contribution >= 4 is 76.3 Å². The molecule has 0 N–H and O–H groups in total. The predicted octanol–water partition coefficient (Wildman–Crippen LogP) is 14.3. The van der Waals surface area contributed by atoms with Gasteiger partial charge in [-0.3, -0.25) is 0 Å². The lowest BCUT2D eigenvalue weighted by atomic mass is 9.97. The van der Waals surface area contributed by atoms with Gasteiger partial charge < -0.3 is 13.6 Å². The first-order valence-corrected chi connectivity index (χ1v) is 18.8. The fraction of sp³-hybridized carbons (Fsp3) is 0. The molecule has 12 aromatic rings.